The molecule has 0 amide bonds. The highest BCUT2D eigenvalue weighted by Gasteiger charge is 2.16. The van der Waals surface area contributed by atoms with Gasteiger partial charge < -0.3 is 14.6 Å². The van der Waals surface area contributed by atoms with Crippen LogP contribution in [0.3, 0.4) is 0 Å². The van der Waals surface area contributed by atoms with E-state index >= 15 is 0 Å². The zero-order valence-corrected chi connectivity index (χ0v) is 43.0. The van der Waals surface area contributed by atoms with Crippen molar-refractivity contribution < 1.29 is 24.2 Å². The third-order valence-corrected chi connectivity index (χ3v) is 12.3. The molecule has 5 nitrogen and oxygen atoms in total. The van der Waals surface area contributed by atoms with Crippen LogP contribution in [0.2, 0.25) is 0 Å². The number of carbonyl (C=O) groups excluding carboxylic acids is 2. The number of esters is 2. The average Bonchev–Trinajstić information content (AvgIpc) is 3.31. The lowest BCUT2D eigenvalue weighted by atomic mass is 10.0. The van der Waals surface area contributed by atoms with E-state index in [-0.39, 0.29) is 25.2 Å². The summed E-state index contributed by atoms with van der Waals surface area (Å²) in [7, 11) is 0. The van der Waals surface area contributed by atoms with Gasteiger partial charge in [0.15, 0.2) is 6.10 Å². The molecular formula is C60H106O5. The van der Waals surface area contributed by atoms with Gasteiger partial charge in [0.1, 0.15) is 6.61 Å². The highest BCUT2D eigenvalue weighted by Crippen LogP contribution is 2.17. The lowest BCUT2D eigenvalue weighted by Crippen LogP contribution is -2.28. The summed E-state index contributed by atoms with van der Waals surface area (Å²) in [5, 5.41) is 9.63. The first-order valence-corrected chi connectivity index (χ1v) is 28.0. The molecule has 0 bridgehead atoms. The molecule has 0 fully saturated rings. The molecule has 5 heteroatoms. The molecular weight excluding hydrogens is 801 g/mol. The van der Waals surface area contributed by atoms with Gasteiger partial charge in [0, 0.05) is 12.8 Å². The van der Waals surface area contributed by atoms with Crippen LogP contribution in [0, 0.1) is 0 Å². The van der Waals surface area contributed by atoms with Gasteiger partial charge in [-0.3, -0.25) is 9.59 Å². The smallest absolute Gasteiger partial charge is 0.306 e. The third kappa shape index (κ3) is 53.8. The Hall–Kier alpha value is -2.66. The molecule has 1 unspecified atom stereocenters. The molecule has 0 spiro atoms. The second kappa shape index (κ2) is 55.7. The fourth-order valence-electron chi connectivity index (χ4n) is 8.09. The van der Waals surface area contributed by atoms with Gasteiger partial charge in [0.05, 0.1) is 6.61 Å². The molecule has 0 aromatic carbocycles. The number of aliphatic hydroxyl groups excluding tert-OH is 1. The minimum Gasteiger partial charge on any atom is -0.462 e. The van der Waals surface area contributed by atoms with Crippen molar-refractivity contribution >= 4 is 11.9 Å². The van der Waals surface area contributed by atoms with E-state index in [0.29, 0.717) is 12.8 Å². The number of hydrogen-bond donors (Lipinski definition) is 1. The Bertz CT molecular complexity index is 1160. The van der Waals surface area contributed by atoms with Crippen molar-refractivity contribution in [2.45, 2.75) is 283 Å². The van der Waals surface area contributed by atoms with Gasteiger partial charge >= 0.3 is 11.9 Å². The summed E-state index contributed by atoms with van der Waals surface area (Å²) in [6.45, 7) is 4.02. The van der Waals surface area contributed by atoms with Gasteiger partial charge in [-0.25, -0.2) is 0 Å². The van der Waals surface area contributed by atoms with Crippen molar-refractivity contribution in [3.63, 3.8) is 0 Å². The van der Waals surface area contributed by atoms with Crippen LogP contribution in [0.5, 0.6) is 0 Å². The van der Waals surface area contributed by atoms with Crippen LogP contribution >= 0.6 is 0 Å². The highest BCUT2D eigenvalue weighted by atomic mass is 16.6. The lowest BCUT2D eigenvalue weighted by molar-refractivity contribution is -0.161. The van der Waals surface area contributed by atoms with Gasteiger partial charge in [-0.1, -0.05) is 273 Å². The summed E-state index contributed by atoms with van der Waals surface area (Å²) in [5.41, 5.74) is 0. The molecule has 0 heterocycles. The van der Waals surface area contributed by atoms with Crippen molar-refractivity contribution in [2.24, 2.45) is 0 Å². The van der Waals surface area contributed by atoms with Crippen molar-refractivity contribution in [2.75, 3.05) is 13.2 Å². The fourth-order valence-corrected chi connectivity index (χ4v) is 8.09. The molecule has 0 aromatic rings. The normalized spacial score (nSPS) is 12.7. The standard InChI is InChI=1S/C60H106O5/c1-3-5-7-9-11-13-15-17-19-21-23-25-26-27-28-29-30-31-32-33-35-36-38-40-42-44-46-48-50-52-54-59(62)64-57-58(56-61)65-60(63)55-53-51-49-47-45-43-41-39-37-34-24-22-20-18-16-14-12-10-8-6-4-2/h6,8,12,14,18,20,24,34,39,41,45,47,58,61H,3-5,7,9-11,13,15-17,19,21-23,25-33,35-38,40,42-44,46,48-57H2,1-2H3/b8-6-,14-12-,20-18-,34-24-,41-39-,47-45-. The van der Waals surface area contributed by atoms with Crippen LogP contribution in [0.15, 0.2) is 72.9 Å². The Morgan fingerprint density at radius 1 is 0.369 bits per heavy atom. The second-order valence-electron chi connectivity index (χ2n) is 18.6. The summed E-state index contributed by atoms with van der Waals surface area (Å²) in [6, 6.07) is 0. The van der Waals surface area contributed by atoms with E-state index in [4.69, 9.17) is 9.47 Å². The molecule has 0 aliphatic heterocycles. The lowest BCUT2D eigenvalue weighted by Gasteiger charge is -2.15. The van der Waals surface area contributed by atoms with E-state index in [9.17, 15) is 14.7 Å². The number of hydrogen-bond acceptors (Lipinski definition) is 5. The molecule has 1 N–H and O–H groups in total. The van der Waals surface area contributed by atoms with Gasteiger partial charge in [-0.05, 0) is 64.2 Å². The van der Waals surface area contributed by atoms with Crippen LogP contribution in [0.4, 0.5) is 0 Å². The van der Waals surface area contributed by atoms with Gasteiger partial charge in [-0.2, -0.15) is 0 Å². The highest BCUT2D eigenvalue weighted by molar-refractivity contribution is 5.70. The van der Waals surface area contributed by atoms with E-state index in [1.807, 2.05) is 0 Å². The van der Waals surface area contributed by atoms with E-state index in [2.05, 4.69) is 86.8 Å². The minimum absolute atomic E-state index is 0.0841. The van der Waals surface area contributed by atoms with Crippen LogP contribution < -0.4 is 0 Å². The molecule has 1 atom stereocenters. The van der Waals surface area contributed by atoms with E-state index in [1.165, 1.54) is 173 Å². The van der Waals surface area contributed by atoms with E-state index in [0.717, 1.165) is 77.0 Å². The molecule has 0 aliphatic carbocycles. The van der Waals surface area contributed by atoms with Crippen molar-refractivity contribution in [3.05, 3.63) is 72.9 Å². The second-order valence-corrected chi connectivity index (χ2v) is 18.6. The van der Waals surface area contributed by atoms with Crippen molar-refractivity contribution in [1.82, 2.24) is 0 Å². The number of rotatable bonds is 51. The predicted octanol–water partition coefficient (Wildman–Crippen LogP) is 18.8. The predicted molar refractivity (Wildman–Crippen MR) is 283 cm³/mol. The average molecular weight is 908 g/mol. The molecule has 376 valence electrons. The maximum atomic E-state index is 12.3. The third-order valence-electron chi connectivity index (χ3n) is 12.3. The SMILES string of the molecule is CC/C=C\C/C=C\C/C=C\C/C=C\C/C=C\C/C=C\CCCCC(=O)OC(CO)COC(=O)CCCCCCCCCCCCCCCCCCCCCCCCCCCCCCCC. The zero-order valence-electron chi connectivity index (χ0n) is 43.0. The number of unbranched alkanes of at least 4 members (excludes halogenated alkanes) is 31. The number of allylic oxidation sites excluding steroid dienone is 12. The van der Waals surface area contributed by atoms with E-state index in [1.54, 1.807) is 0 Å². The van der Waals surface area contributed by atoms with Crippen molar-refractivity contribution in [3.8, 4) is 0 Å². The molecule has 0 saturated carbocycles. The Balaban J connectivity index is 3.50. The zero-order chi connectivity index (χ0) is 47.0. The Morgan fingerprint density at radius 3 is 1.00 bits per heavy atom. The maximum Gasteiger partial charge on any atom is 0.306 e. The Kier molecular flexibility index (Phi) is 53.4. The van der Waals surface area contributed by atoms with Gasteiger partial charge in [0.2, 0.25) is 0 Å². The van der Waals surface area contributed by atoms with Gasteiger partial charge in [-0.15, -0.1) is 0 Å². The Labute approximate surface area is 403 Å². The Morgan fingerprint density at radius 2 is 0.662 bits per heavy atom. The number of carbonyl (C=O) groups is 2. The first-order valence-electron chi connectivity index (χ1n) is 28.0. The molecule has 0 rings (SSSR count). The summed E-state index contributed by atoms with van der Waals surface area (Å²) in [5.74, 6) is -0.634. The molecule has 0 radical (unpaired) electrons. The first kappa shape index (κ1) is 62.3. The summed E-state index contributed by atoms with van der Waals surface area (Å²) >= 11 is 0. The maximum absolute atomic E-state index is 12.3. The van der Waals surface area contributed by atoms with E-state index < -0.39 is 6.10 Å². The molecule has 65 heavy (non-hydrogen) atoms. The van der Waals surface area contributed by atoms with Crippen LogP contribution in [-0.2, 0) is 19.1 Å². The van der Waals surface area contributed by atoms with Gasteiger partial charge in [0.25, 0.3) is 0 Å². The summed E-state index contributed by atoms with van der Waals surface area (Å²) in [6.07, 6.45) is 76.0. The fraction of sp³-hybridized carbons (Fsp3) is 0.767. The molecule has 0 aromatic heterocycles. The molecule has 0 aliphatic rings. The van der Waals surface area contributed by atoms with Crippen LogP contribution in [0.1, 0.15) is 277 Å². The quantitative estimate of drug-likeness (QED) is 0.0374. The van der Waals surface area contributed by atoms with Crippen molar-refractivity contribution in [1.29, 1.82) is 0 Å². The number of ether oxygens (including phenoxy) is 2. The molecule has 0 saturated heterocycles. The van der Waals surface area contributed by atoms with Crippen LogP contribution in [-0.4, -0.2) is 36.4 Å². The summed E-state index contributed by atoms with van der Waals surface area (Å²) in [4.78, 5) is 24.5. The number of aliphatic hydroxyl groups is 1. The summed E-state index contributed by atoms with van der Waals surface area (Å²) < 4.78 is 10.7. The first-order chi connectivity index (χ1) is 32.1. The monoisotopic (exact) mass is 907 g/mol. The topological polar surface area (TPSA) is 72.8 Å². The van der Waals surface area contributed by atoms with Crippen LogP contribution in [0.25, 0.3) is 0 Å². The largest absolute Gasteiger partial charge is 0.462 e. The minimum atomic E-state index is -0.798.